The lowest BCUT2D eigenvalue weighted by atomic mass is 10.2. The van der Waals surface area contributed by atoms with E-state index in [-0.39, 0.29) is 5.91 Å². The highest BCUT2D eigenvalue weighted by molar-refractivity contribution is 5.94. The molecule has 30 heavy (non-hydrogen) atoms. The van der Waals surface area contributed by atoms with Crippen LogP contribution in [0.15, 0.2) is 66.7 Å². The Morgan fingerprint density at radius 2 is 1.77 bits per heavy atom. The number of nitrogens with one attached hydrogen (secondary N) is 1. The van der Waals surface area contributed by atoms with Crippen molar-refractivity contribution in [3.8, 4) is 17.3 Å². The molecule has 2 aromatic carbocycles. The van der Waals surface area contributed by atoms with Gasteiger partial charge in [0.25, 0.3) is 5.91 Å². The molecule has 0 atom stereocenters. The van der Waals surface area contributed by atoms with Crippen molar-refractivity contribution in [1.29, 1.82) is 0 Å². The van der Waals surface area contributed by atoms with E-state index in [1.54, 1.807) is 28.8 Å². The molecule has 4 rings (SSSR count). The maximum absolute atomic E-state index is 12.3. The molecule has 0 saturated heterocycles. The summed E-state index contributed by atoms with van der Waals surface area (Å²) in [5, 5.41) is 15.7. The first-order valence-electron chi connectivity index (χ1n) is 9.58. The van der Waals surface area contributed by atoms with E-state index < -0.39 is 0 Å². The van der Waals surface area contributed by atoms with Crippen LogP contribution in [0.3, 0.4) is 0 Å². The van der Waals surface area contributed by atoms with Crippen molar-refractivity contribution in [3.63, 3.8) is 0 Å². The molecule has 8 nitrogen and oxygen atoms in total. The van der Waals surface area contributed by atoms with Gasteiger partial charge in [0.15, 0.2) is 11.5 Å². The Balaban J connectivity index is 1.35. The molecule has 2 aromatic heterocycles. The van der Waals surface area contributed by atoms with Gasteiger partial charge in [-0.1, -0.05) is 30.3 Å². The summed E-state index contributed by atoms with van der Waals surface area (Å²) in [5.41, 5.74) is 3.20. The molecule has 2 heterocycles. The zero-order chi connectivity index (χ0) is 20.9. The van der Waals surface area contributed by atoms with E-state index in [1.165, 1.54) is 0 Å². The first-order chi connectivity index (χ1) is 14.6. The summed E-state index contributed by atoms with van der Waals surface area (Å²) >= 11 is 0. The molecule has 0 aliphatic rings. The van der Waals surface area contributed by atoms with E-state index in [1.807, 2.05) is 61.5 Å². The van der Waals surface area contributed by atoms with Crippen LogP contribution in [0.4, 0.5) is 5.69 Å². The number of fused-ring (bicyclic) bond motifs is 1. The van der Waals surface area contributed by atoms with E-state index in [4.69, 9.17) is 4.74 Å². The SMILES string of the molecule is CN(C)c1ccc(C(=O)NCCOc2ccc3nnc(-c4ccccc4)n3n2)cc1. The fourth-order valence-corrected chi connectivity index (χ4v) is 2.95. The molecule has 0 radical (unpaired) electrons. The fourth-order valence-electron chi connectivity index (χ4n) is 2.95. The number of rotatable bonds is 7. The van der Waals surface area contributed by atoms with E-state index >= 15 is 0 Å². The second kappa shape index (κ2) is 8.60. The average Bonchev–Trinajstić information content (AvgIpc) is 3.20. The van der Waals surface area contributed by atoms with Crippen molar-refractivity contribution in [2.45, 2.75) is 0 Å². The molecule has 0 saturated carbocycles. The monoisotopic (exact) mass is 402 g/mol. The van der Waals surface area contributed by atoms with Crippen molar-refractivity contribution in [2.75, 3.05) is 32.1 Å². The van der Waals surface area contributed by atoms with Crippen LogP contribution in [0, 0.1) is 0 Å². The van der Waals surface area contributed by atoms with Gasteiger partial charge in [0.2, 0.25) is 5.88 Å². The third-order valence-electron chi connectivity index (χ3n) is 4.55. The largest absolute Gasteiger partial charge is 0.475 e. The summed E-state index contributed by atoms with van der Waals surface area (Å²) in [6.07, 6.45) is 0. The van der Waals surface area contributed by atoms with Gasteiger partial charge in [-0.3, -0.25) is 4.79 Å². The van der Waals surface area contributed by atoms with Crippen molar-refractivity contribution >= 4 is 17.2 Å². The lowest BCUT2D eigenvalue weighted by Crippen LogP contribution is -2.28. The molecule has 0 spiro atoms. The molecule has 0 unspecified atom stereocenters. The summed E-state index contributed by atoms with van der Waals surface area (Å²) in [5.74, 6) is 0.937. The first kappa shape index (κ1) is 19.4. The summed E-state index contributed by atoms with van der Waals surface area (Å²) in [6.45, 7) is 0.657. The van der Waals surface area contributed by atoms with Crippen molar-refractivity contribution in [2.24, 2.45) is 0 Å². The highest BCUT2D eigenvalue weighted by Gasteiger charge is 2.10. The summed E-state index contributed by atoms with van der Waals surface area (Å²) in [6, 6.07) is 20.7. The molecular formula is C22H22N6O2. The van der Waals surface area contributed by atoms with Crippen LogP contribution in [-0.2, 0) is 0 Å². The molecule has 1 amide bonds. The zero-order valence-electron chi connectivity index (χ0n) is 16.8. The summed E-state index contributed by atoms with van der Waals surface area (Å²) in [7, 11) is 3.92. The molecule has 152 valence electrons. The van der Waals surface area contributed by atoms with Crippen molar-refractivity contribution in [3.05, 3.63) is 72.3 Å². The van der Waals surface area contributed by atoms with E-state index in [0.29, 0.717) is 36.1 Å². The minimum absolute atomic E-state index is 0.141. The molecular weight excluding hydrogens is 380 g/mol. The Labute approximate surface area is 174 Å². The fraction of sp³-hybridized carbons (Fsp3) is 0.182. The summed E-state index contributed by atoms with van der Waals surface area (Å²) < 4.78 is 7.35. The quantitative estimate of drug-likeness (QED) is 0.479. The van der Waals surface area contributed by atoms with Gasteiger partial charge in [-0.2, -0.15) is 4.52 Å². The number of anilines is 1. The third kappa shape index (κ3) is 4.22. The number of amides is 1. The van der Waals surface area contributed by atoms with Crippen LogP contribution in [0.1, 0.15) is 10.4 Å². The van der Waals surface area contributed by atoms with Gasteiger partial charge in [-0.05, 0) is 30.3 Å². The Bertz CT molecular complexity index is 1140. The van der Waals surface area contributed by atoms with Crippen LogP contribution < -0.4 is 15.0 Å². The van der Waals surface area contributed by atoms with Crippen molar-refractivity contribution < 1.29 is 9.53 Å². The lowest BCUT2D eigenvalue weighted by Gasteiger charge is -2.12. The van der Waals surface area contributed by atoms with Gasteiger partial charge < -0.3 is 15.0 Å². The number of carbonyl (C=O) groups excluding carboxylic acids is 1. The number of benzene rings is 2. The van der Waals surface area contributed by atoms with Crippen LogP contribution in [0.25, 0.3) is 17.0 Å². The number of carbonyl (C=O) groups is 1. The Morgan fingerprint density at radius 1 is 1.00 bits per heavy atom. The molecule has 1 N–H and O–H groups in total. The van der Waals surface area contributed by atoms with Crippen LogP contribution in [0.5, 0.6) is 5.88 Å². The maximum Gasteiger partial charge on any atom is 0.251 e. The average molecular weight is 402 g/mol. The number of aromatic nitrogens is 4. The van der Waals surface area contributed by atoms with Gasteiger partial charge in [0.05, 0.1) is 6.54 Å². The molecule has 8 heteroatoms. The molecule has 0 bridgehead atoms. The number of hydrogen-bond acceptors (Lipinski definition) is 6. The van der Waals surface area contributed by atoms with Crippen LogP contribution >= 0.6 is 0 Å². The van der Waals surface area contributed by atoms with Crippen LogP contribution in [0.2, 0.25) is 0 Å². The van der Waals surface area contributed by atoms with Crippen molar-refractivity contribution in [1.82, 2.24) is 25.1 Å². The lowest BCUT2D eigenvalue weighted by molar-refractivity contribution is 0.0946. The summed E-state index contributed by atoms with van der Waals surface area (Å²) in [4.78, 5) is 14.2. The van der Waals surface area contributed by atoms with Gasteiger partial charge in [-0.15, -0.1) is 15.3 Å². The third-order valence-corrected chi connectivity index (χ3v) is 4.55. The molecule has 0 aliphatic heterocycles. The smallest absolute Gasteiger partial charge is 0.251 e. The standard InChI is InChI=1S/C22H22N6O2/c1-27(2)18-10-8-17(9-11-18)22(29)23-14-15-30-20-13-12-19-24-25-21(28(19)26-20)16-6-4-3-5-7-16/h3-13H,14-15H2,1-2H3,(H,23,29). The molecule has 0 fully saturated rings. The predicted octanol–water partition coefficient (Wildman–Crippen LogP) is 2.67. The highest BCUT2D eigenvalue weighted by Crippen LogP contribution is 2.18. The maximum atomic E-state index is 12.3. The Hall–Kier alpha value is -3.94. The van der Waals surface area contributed by atoms with E-state index in [2.05, 4.69) is 20.6 Å². The Kier molecular flexibility index (Phi) is 5.56. The van der Waals surface area contributed by atoms with Gasteiger partial charge >= 0.3 is 0 Å². The van der Waals surface area contributed by atoms with Crippen LogP contribution in [-0.4, -0.2) is 53.0 Å². The minimum atomic E-state index is -0.141. The number of nitrogens with zero attached hydrogens (tertiary/aromatic N) is 5. The Morgan fingerprint density at radius 3 is 2.50 bits per heavy atom. The van der Waals surface area contributed by atoms with E-state index in [9.17, 15) is 4.79 Å². The highest BCUT2D eigenvalue weighted by atomic mass is 16.5. The van der Waals surface area contributed by atoms with Gasteiger partial charge in [0, 0.05) is 37.0 Å². The number of ether oxygens (including phenoxy) is 1. The zero-order valence-corrected chi connectivity index (χ0v) is 16.8. The second-order valence-corrected chi connectivity index (χ2v) is 6.88. The van der Waals surface area contributed by atoms with E-state index in [0.717, 1.165) is 11.3 Å². The molecule has 4 aromatic rings. The second-order valence-electron chi connectivity index (χ2n) is 6.88. The van der Waals surface area contributed by atoms with Gasteiger partial charge in [0.1, 0.15) is 6.61 Å². The number of hydrogen-bond donors (Lipinski definition) is 1. The normalized spacial score (nSPS) is 10.7. The predicted molar refractivity (Wildman–Crippen MR) is 115 cm³/mol. The molecule has 0 aliphatic carbocycles. The topological polar surface area (TPSA) is 84.7 Å². The minimum Gasteiger partial charge on any atom is -0.475 e. The van der Waals surface area contributed by atoms with Gasteiger partial charge in [-0.25, -0.2) is 0 Å². The first-order valence-corrected chi connectivity index (χ1v) is 9.58.